The van der Waals surface area contributed by atoms with Gasteiger partial charge in [-0.1, -0.05) is 56.0 Å². The third-order valence-electron chi connectivity index (χ3n) is 4.25. The number of carboxylic acids is 2. The van der Waals surface area contributed by atoms with Crippen molar-refractivity contribution in [3.8, 4) is 0 Å². The molecule has 1 saturated carbocycles. The molecule has 1 aromatic carbocycles. The molecule has 0 spiro atoms. The number of carboxylic acid groups (broad SMARTS) is 2. The maximum Gasteiger partial charge on any atom is 0.328 e. The van der Waals surface area contributed by atoms with Gasteiger partial charge in [-0.2, -0.15) is 0 Å². The van der Waals surface area contributed by atoms with Crippen molar-refractivity contribution in [2.75, 3.05) is 13.2 Å². The van der Waals surface area contributed by atoms with Crippen LogP contribution >= 0.6 is 0 Å². The lowest BCUT2D eigenvalue weighted by Gasteiger charge is -2.18. The Kier molecular flexibility index (Phi) is 12.6. The van der Waals surface area contributed by atoms with Crippen LogP contribution in [0.1, 0.15) is 44.1 Å². The molecular weight excluding hydrogens is 362 g/mol. The van der Waals surface area contributed by atoms with Gasteiger partial charge in [0.1, 0.15) is 0 Å². The molecule has 0 amide bonds. The molecule has 2 rings (SSSR count). The van der Waals surface area contributed by atoms with Crippen molar-refractivity contribution in [1.29, 1.82) is 0 Å². The van der Waals surface area contributed by atoms with Crippen LogP contribution < -0.4 is 5.32 Å². The van der Waals surface area contributed by atoms with Gasteiger partial charge >= 0.3 is 11.9 Å². The van der Waals surface area contributed by atoms with E-state index in [9.17, 15) is 14.7 Å². The van der Waals surface area contributed by atoms with Crippen molar-refractivity contribution in [3.05, 3.63) is 48.0 Å². The molecule has 0 saturated heterocycles. The van der Waals surface area contributed by atoms with Gasteiger partial charge < -0.3 is 25.4 Å². The molecule has 0 aromatic heterocycles. The van der Waals surface area contributed by atoms with Crippen molar-refractivity contribution >= 4 is 11.9 Å². The highest BCUT2D eigenvalue weighted by Crippen LogP contribution is 2.19. The normalized spacial score (nSPS) is 16.0. The summed E-state index contributed by atoms with van der Waals surface area (Å²) in [6, 6.07) is 10.2. The first-order valence-electron chi connectivity index (χ1n) is 9.65. The zero-order chi connectivity index (χ0) is 20.6. The SMILES string of the molecule is O=C(O)/C=C\C(=O)O.OC(CNCc1ccccc1)COC1CCCCCC1. The summed E-state index contributed by atoms with van der Waals surface area (Å²) in [4.78, 5) is 19.1. The largest absolute Gasteiger partial charge is 0.478 e. The minimum Gasteiger partial charge on any atom is -0.478 e. The molecule has 4 N–H and O–H groups in total. The summed E-state index contributed by atoms with van der Waals surface area (Å²) in [7, 11) is 0. The molecule has 0 radical (unpaired) electrons. The Morgan fingerprint density at radius 1 is 1.04 bits per heavy atom. The van der Waals surface area contributed by atoms with Gasteiger partial charge in [-0.25, -0.2) is 9.59 Å². The van der Waals surface area contributed by atoms with Gasteiger partial charge in [0.25, 0.3) is 0 Å². The summed E-state index contributed by atoms with van der Waals surface area (Å²) in [5.41, 5.74) is 1.24. The fourth-order valence-corrected chi connectivity index (χ4v) is 2.84. The fourth-order valence-electron chi connectivity index (χ4n) is 2.84. The topological polar surface area (TPSA) is 116 Å². The molecule has 7 nitrogen and oxygen atoms in total. The van der Waals surface area contributed by atoms with Gasteiger partial charge in [-0.05, 0) is 18.4 Å². The maximum atomic E-state index is 9.94. The molecule has 7 heteroatoms. The highest BCUT2D eigenvalue weighted by molar-refractivity contribution is 5.89. The summed E-state index contributed by atoms with van der Waals surface area (Å²) in [5, 5.41) is 28.8. The lowest BCUT2D eigenvalue weighted by molar-refractivity contribution is -0.134. The van der Waals surface area contributed by atoms with E-state index in [1.54, 1.807) is 0 Å². The highest BCUT2D eigenvalue weighted by Gasteiger charge is 2.14. The monoisotopic (exact) mass is 393 g/mol. The van der Waals surface area contributed by atoms with Crippen LogP contribution in [0.5, 0.6) is 0 Å². The minimum absolute atomic E-state index is 0.362. The van der Waals surface area contributed by atoms with Crippen LogP contribution in [0.25, 0.3) is 0 Å². The van der Waals surface area contributed by atoms with Crippen LogP contribution in [0.4, 0.5) is 0 Å². The van der Waals surface area contributed by atoms with E-state index < -0.39 is 18.0 Å². The lowest BCUT2D eigenvalue weighted by Crippen LogP contribution is -2.31. The van der Waals surface area contributed by atoms with Crippen LogP contribution in [0, 0.1) is 0 Å². The standard InChI is InChI=1S/C17H27NO2.C4H4O4/c19-16(13-18-12-15-8-4-3-5-9-15)14-20-17-10-6-1-2-7-11-17;5-3(6)1-2-4(7)8/h3-5,8-9,16-19H,1-2,6-7,10-14H2;1-2H,(H,5,6)(H,7,8)/b;2-1-. The molecule has 1 atom stereocenters. The Bertz CT molecular complexity index is 566. The first-order valence-corrected chi connectivity index (χ1v) is 9.65. The summed E-state index contributed by atoms with van der Waals surface area (Å²) in [6.07, 6.45) is 8.59. The number of hydrogen-bond acceptors (Lipinski definition) is 5. The third kappa shape index (κ3) is 13.0. The molecule has 1 aliphatic rings. The maximum absolute atomic E-state index is 9.94. The predicted molar refractivity (Wildman–Crippen MR) is 106 cm³/mol. The fraction of sp³-hybridized carbons (Fsp3) is 0.524. The smallest absolute Gasteiger partial charge is 0.328 e. The average molecular weight is 393 g/mol. The van der Waals surface area contributed by atoms with Crippen molar-refractivity contribution in [1.82, 2.24) is 5.32 Å². The summed E-state index contributed by atoms with van der Waals surface area (Å²) in [5.74, 6) is -2.51. The second-order valence-electron chi connectivity index (χ2n) is 6.73. The molecule has 0 heterocycles. The van der Waals surface area contributed by atoms with E-state index in [0.29, 0.717) is 31.4 Å². The number of nitrogens with one attached hydrogen (secondary N) is 1. The van der Waals surface area contributed by atoms with Crippen molar-refractivity contribution in [2.45, 2.75) is 57.3 Å². The number of ether oxygens (including phenoxy) is 1. The number of rotatable bonds is 9. The number of carbonyl (C=O) groups is 2. The Labute approximate surface area is 166 Å². The third-order valence-corrected chi connectivity index (χ3v) is 4.25. The van der Waals surface area contributed by atoms with E-state index in [1.807, 2.05) is 18.2 Å². The zero-order valence-electron chi connectivity index (χ0n) is 16.1. The first-order chi connectivity index (χ1) is 13.5. The number of aliphatic hydroxyl groups excluding tert-OH is 1. The number of hydrogen-bond donors (Lipinski definition) is 4. The Morgan fingerprint density at radius 2 is 1.61 bits per heavy atom. The number of aliphatic carboxylic acids is 2. The quantitative estimate of drug-likeness (QED) is 0.376. The molecule has 1 fully saturated rings. The van der Waals surface area contributed by atoms with Gasteiger partial charge in [0.15, 0.2) is 0 Å². The van der Waals surface area contributed by atoms with Crippen molar-refractivity contribution < 1.29 is 29.6 Å². The van der Waals surface area contributed by atoms with E-state index in [2.05, 4.69) is 17.4 Å². The van der Waals surface area contributed by atoms with Crippen molar-refractivity contribution in [2.24, 2.45) is 0 Å². The van der Waals surface area contributed by atoms with Crippen LogP contribution in [-0.4, -0.2) is 52.6 Å². The zero-order valence-corrected chi connectivity index (χ0v) is 16.1. The molecule has 1 aliphatic carbocycles. The molecule has 1 aromatic rings. The summed E-state index contributed by atoms with van der Waals surface area (Å²) in [6.45, 7) is 1.83. The van der Waals surface area contributed by atoms with E-state index in [0.717, 1.165) is 19.4 Å². The predicted octanol–water partition coefficient (Wildman–Crippen LogP) is 2.59. The number of benzene rings is 1. The average Bonchev–Trinajstić information content (AvgIpc) is 2.95. The van der Waals surface area contributed by atoms with E-state index in [4.69, 9.17) is 14.9 Å². The van der Waals surface area contributed by atoms with Gasteiger partial charge in [-0.15, -0.1) is 0 Å². The summed E-state index contributed by atoms with van der Waals surface area (Å²) >= 11 is 0. The lowest BCUT2D eigenvalue weighted by atomic mass is 10.1. The van der Waals surface area contributed by atoms with Crippen molar-refractivity contribution in [3.63, 3.8) is 0 Å². The van der Waals surface area contributed by atoms with E-state index in [1.165, 1.54) is 31.2 Å². The molecule has 0 aliphatic heterocycles. The van der Waals surface area contributed by atoms with Crippen LogP contribution in [0.3, 0.4) is 0 Å². The molecular formula is C21H31NO6. The second kappa shape index (κ2) is 14.8. The van der Waals surface area contributed by atoms with Crippen LogP contribution in [-0.2, 0) is 20.9 Å². The second-order valence-corrected chi connectivity index (χ2v) is 6.73. The van der Waals surface area contributed by atoms with Gasteiger partial charge in [-0.3, -0.25) is 0 Å². The van der Waals surface area contributed by atoms with Gasteiger partial charge in [0, 0.05) is 25.2 Å². The van der Waals surface area contributed by atoms with Crippen LogP contribution in [0.2, 0.25) is 0 Å². The highest BCUT2D eigenvalue weighted by atomic mass is 16.5. The Hall–Kier alpha value is -2.22. The molecule has 0 bridgehead atoms. The Morgan fingerprint density at radius 3 is 2.14 bits per heavy atom. The van der Waals surface area contributed by atoms with E-state index >= 15 is 0 Å². The first kappa shape index (κ1) is 23.8. The minimum atomic E-state index is -1.26. The molecule has 156 valence electrons. The summed E-state index contributed by atoms with van der Waals surface area (Å²) < 4.78 is 5.84. The van der Waals surface area contributed by atoms with Gasteiger partial charge in [0.05, 0.1) is 18.8 Å². The van der Waals surface area contributed by atoms with E-state index in [-0.39, 0.29) is 0 Å². The Balaban J connectivity index is 0.000000416. The van der Waals surface area contributed by atoms with Crippen LogP contribution in [0.15, 0.2) is 42.5 Å². The molecule has 28 heavy (non-hydrogen) atoms. The van der Waals surface area contributed by atoms with Gasteiger partial charge in [0.2, 0.25) is 0 Å². The molecule has 1 unspecified atom stereocenters. The number of aliphatic hydroxyl groups is 1.